The second kappa shape index (κ2) is 6.14. The predicted molar refractivity (Wildman–Crippen MR) is 98.3 cm³/mol. The van der Waals surface area contributed by atoms with Crippen LogP contribution in [0.25, 0.3) is 10.8 Å². The zero-order valence-electron chi connectivity index (χ0n) is 14.5. The number of hydrogen-bond donors (Lipinski definition) is 1. The first-order valence-electron chi connectivity index (χ1n) is 9.01. The van der Waals surface area contributed by atoms with Gasteiger partial charge in [-0.3, -0.25) is 14.6 Å². The lowest BCUT2D eigenvalue weighted by Crippen LogP contribution is -2.49. The van der Waals surface area contributed by atoms with E-state index in [9.17, 15) is 9.59 Å². The van der Waals surface area contributed by atoms with E-state index in [0.717, 1.165) is 36.7 Å². The van der Waals surface area contributed by atoms with E-state index in [2.05, 4.69) is 10.3 Å². The highest BCUT2D eigenvalue weighted by atomic mass is 16.2. The summed E-state index contributed by atoms with van der Waals surface area (Å²) >= 11 is 0. The monoisotopic (exact) mass is 339 g/mol. The minimum Gasteiger partial charge on any atom is -0.341 e. The molecule has 1 atom stereocenters. The van der Waals surface area contributed by atoms with Crippen LogP contribution in [0.4, 0.5) is 0 Å². The van der Waals surface area contributed by atoms with E-state index in [1.807, 2.05) is 29.2 Å². The fourth-order valence-corrected chi connectivity index (χ4v) is 3.69. The Morgan fingerprint density at radius 1 is 1.16 bits per heavy atom. The van der Waals surface area contributed by atoms with Crippen LogP contribution in [0, 0.1) is 5.41 Å². The maximum Gasteiger partial charge on any atom is 0.270 e. The number of hydrogen-bond acceptors (Lipinski definition) is 3. The highest BCUT2D eigenvalue weighted by molar-refractivity contribution is 5.98. The number of fused-ring (bicyclic) bond motifs is 1. The Bertz CT molecular complexity index is 825. The zero-order chi connectivity index (χ0) is 17.4. The summed E-state index contributed by atoms with van der Waals surface area (Å²) in [6, 6.07) is 9.01. The smallest absolute Gasteiger partial charge is 0.270 e. The molecule has 5 nitrogen and oxygen atoms in total. The summed E-state index contributed by atoms with van der Waals surface area (Å²) in [7, 11) is 0. The summed E-state index contributed by atoms with van der Waals surface area (Å²) in [5.41, 5.74) is 0.882. The lowest BCUT2D eigenvalue weighted by Gasteiger charge is -2.33. The number of nitrogens with one attached hydrogen (secondary N) is 1. The summed E-state index contributed by atoms with van der Waals surface area (Å²) in [4.78, 5) is 31.2. The third-order valence-electron chi connectivity index (χ3n) is 5.67. The molecule has 1 aromatic heterocycles. The molecule has 5 heteroatoms. The molecule has 2 aromatic rings. The SMILES string of the molecule is C[C@@H](NC(=O)c1cc2ccccc2cn1)C(=O)N1CCC2(CC1)CC2.[HH]. The van der Waals surface area contributed by atoms with Gasteiger partial charge in [0.1, 0.15) is 11.7 Å². The van der Waals surface area contributed by atoms with Gasteiger partial charge < -0.3 is 10.2 Å². The molecule has 1 saturated carbocycles. The van der Waals surface area contributed by atoms with Crippen molar-refractivity contribution in [3.05, 3.63) is 42.2 Å². The van der Waals surface area contributed by atoms with Crippen LogP contribution in [-0.4, -0.2) is 40.8 Å². The van der Waals surface area contributed by atoms with Crippen molar-refractivity contribution in [2.45, 2.75) is 38.6 Å². The van der Waals surface area contributed by atoms with Crippen LogP contribution < -0.4 is 5.32 Å². The number of rotatable bonds is 3. The molecule has 1 aliphatic heterocycles. The van der Waals surface area contributed by atoms with Crippen molar-refractivity contribution in [3.8, 4) is 0 Å². The molecular weight excluding hydrogens is 314 g/mol. The average Bonchev–Trinajstić information content (AvgIpc) is 3.40. The Hall–Kier alpha value is -2.43. The summed E-state index contributed by atoms with van der Waals surface area (Å²) < 4.78 is 0. The largest absolute Gasteiger partial charge is 0.341 e. The Labute approximate surface area is 148 Å². The number of piperidine rings is 1. The first kappa shape index (κ1) is 16.1. The number of likely N-dealkylation sites (tertiary alicyclic amines) is 1. The van der Waals surface area contributed by atoms with Crippen LogP contribution in [-0.2, 0) is 4.79 Å². The summed E-state index contributed by atoms with van der Waals surface area (Å²) in [5, 5.41) is 4.76. The maximum absolute atomic E-state index is 12.6. The van der Waals surface area contributed by atoms with E-state index in [1.54, 1.807) is 19.2 Å². The number of carbonyl (C=O) groups is 2. The first-order chi connectivity index (χ1) is 12.1. The van der Waals surface area contributed by atoms with E-state index >= 15 is 0 Å². The van der Waals surface area contributed by atoms with E-state index in [1.165, 1.54) is 12.8 Å². The molecule has 132 valence electrons. The number of amides is 2. The van der Waals surface area contributed by atoms with Gasteiger partial charge in [0.2, 0.25) is 5.91 Å². The van der Waals surface area contributed by atoms with E-state index in [4.69, 9.17) is 0 Å². The lowest BCUT2D eigenvalue weighted by molar-refractivity contribution is -0.134. The molecular formula is C20H25N3O2. The van der Waals surface area contributed by atoms with E-state index in [0.29, 0.717) is 11.1 Å². The number of aromatic nitrogens is 1. The van der Waals surface area contributed by atoms with Crippen LogP contribution in [0.5, 0.6) is 0 Å². The van der Waals surface area contributed by atoms with Crippen molar-refractivity contribution >= 4 is 22.6 Å². The lowest BCUT2D eigenvalue weighted by atomic mass is 9.93. The molecule has 0 unspecified atom stereocenters. The van der Waals surface area contributed by atoms with Crippen LogP contribution in [0.3, 0.4) is 0 Å². The Morgan fingerprint density at radius 2 is 1.84 bits per heavy atom. The van der Waals surface area contributed by atoms with Crippen molar-refractivity contribution in [3.63, 3.8) is 0 Å². The molecule has 0 radical (unpaired) electrons. The van der Waals surface area contributed by atoms with Crippen molar-refractivity contribution in [2.75, 3.05) is 13.1 Å². The molecule has 25 heavy (non-hydrogen) atoms. The van der Waals surface area contributed by atoms with Gasteiger partial charge >= 0.3 is 0 Å². The van der Waals surface area contributed by atoms with E-state index < -0.39 is 6.04 Å². The topological polar surface area (TPSA) is 62.3 Å². The minimum absolute atomic E-state index is 0. The van der Waals surface area contributed by atoms with Crippen molar-refractivity contribution in [2.24, 2.45) is 5.41 Å². The van der Waals surface area contributed by atoms with Crippen LogP contribution >= 0.6 is 0 Å². The molecule has 0 bridgehead atoms. The third-order valence-corrected chi connectivity index (χ3v) is 5.67. The highest BCUT2D eigenvalue weighted by Gasteiger charge is 2.45. The molecule has 1 aliphatic carbocycles. The summed E-state index contributed by atoms with van der Waals surface area (Å²) in [6.07, 6.45) is 6.53. The number of benzene rings is 1. The van der Waals surface area contributed by atoms with Gasteiger partial charge in [0.05, 0.1) is 0 Å². The quantitative estimate of drug-likeness (QED) is 0.935. The summed E-state index contributed by atoms with van der Waals surface area (Å²) in [5.74, 6) is -0.299. The molecule has 2 aliphatic rings. The van der Waals surface area contributed by atoms with Crippen molar-refractivity contribution in [1.82, 2.24) is 15.2 Å². The predicted octanol–water partition coefficient (Wildman–Crippen LogP) is 3.00. The van der Waals surface area contributed by atoms with Gasteiger partial charge in [0.25, 0.3) is 5.91 Å². The van der Waals surface area contributed by atoms with Gasteiger partial charge in [0, 0.05) is 26.1 Å². The fraction of sp³-hybridized carbons (Fsp3) is 0.450. The Morgan fingerprint density at radius 3 is 2.52 bits per heavy atom. The van der Waals surface area contributed by atoms with Crippen molar-refractivity contribution < 1.29 is 11.0 Å². The van der Waals surface area contributed by atoms with Crippen LogP contribution in [0.1, 0.15) is 44.5 Å². The zero-order valence-corrected chi connectivity index (χ0v) is 14.5. The molecule has 1 saturated heterocycles. The molecule has 1 N–H and O–H groups in total. The van der Waals surface area contributed by atoms with Gasteiger partial charge in [-0.25, -0.2) is 0 Å². The first-order valence-corrected chi connectivity index (χ1v) is 9.01. The number of carbonyl (C=O) groups excluding carboxylic acids is 2. The third kappa shape index (κ3) is 3.23. The molecule has 1 spiro atoms. The van der Waals surface area contributed by atoms with Gasteiger partial charge in [-0.1, -0.05) is 24.3 Å². The normalized spacial score (nSPS) is 19.6. The minimum atomic E-state index is -0.533. The summed E-state index contributed by atoms with van der Waals surface area (Å²) in [6.45, 7) is 3.38. The highest BCUT2D eigenvalue weighted by Crippen LogP contribution is 2.53. The van der Waals surface area contributed by atoms with Gasteiger partial charge in [-0.2, -0.15) is 0 Å². The van der Waals surface area contributed by atoms with Gasteiger partial charge in [-0.05, 0) is 49.5 Å². The van der Waals surface area contributed by atoms with Gasteiger partial charge in [0.15, 0.2) is 0 Å². The fourth-order valence-electron chi connectivity index (χ4n) is 3.69. The maximum atomic E-state index is 12.6. The second-order valence-electron chi connectivity index (χ2n) is 7.44. The Balaban J connectivity index is 0.00000196. The van der Waals surface area contributed by atoms with Gasteiger partial charge in [-0.15, -0.1) is 0 Å². The molecule has 4 rings (SSSR count). The van der Waals surface area contributed by atoms with E-state index in [-0.39, 0.29) is 13.2 Å². The average molecular weight is 339 g/mol. The van der Waals surface area contributed by atoms with Crippen LogP contribution in [0.2, 0.25) is 0 Å². The second-order valence-corrected chi connectivity index (χ2v) is 7.44. The Kier molecular flexibility index (Phi) is 3.94. The van der Waals surface area contributed by atoms with Crippen LogP contribution in [0.15, 0.2) is 36.5 Å². The number of pyridine rings is 1. The van der Waals surface area contributed by atoms with Crippen molar-refractivity contribution in [1.29, 1.82) is 0 Å². The molecule has 1 aromatic carbocycles. The molecule has 2 fully saturated rings. The molecule has 2 amide bonds. The molecule has 2 heterocycles. The number of nitrogens with zero attached hydrogens (tertiary/aromatic N) is 2. The standard InChI is InChI=1S/C20H23N3O2.H2/c1-14(19(25)23-10-8-20(6-7-20)9-11-23)22-18(24)17-12-15-4-2-3-5-16(15)13-21-17;/h2-5,12-14H,6-11H2,1H3,(H,22,24);1H/t14-;/m1./s1.